The van der Waals surface area contributed by atoms with Gasteiger partial charge in [-0.15, -0.1) is 0 Å². The molecular formula is C11H10ClFN4O2S. The third-order valence-electron chi connectivity index (χ3n) is 2.31. The topological polar surface area (TPSA) is 98.0 Å². The largest absolute Gasteiger partial charge is 0.398 e. The molecule has 1 aromatic heterocycles. The van der Waals surface area contributed by atoms with Gasteiger partial charge in [-0.25, -0.2) is 27.5 Å². The van der Waals surface area contributed by atoms with Crippen LogP contribution in [-0.4, -0.2) is 18.4 Å². The fourth-order valence-corrected chi connectivity index (χ4v) is 2.81. The molecule has 3 N–H and O–H groups in total. The van der Waals surface area contributed by atoms with Crippen LogP contribution in [0.1, 0.15) is 5.69 Å². The van der Waals surface area contributed by atoms with Crippen molar-refractivity contribution in [3.63, 3.8) is 0 Å². The zero-order valence-corrected chi connectivity index (χ0v) is 11.8. The highest BCUT2D eigenvalue weighted by molar-refractivity contribution is 7.92. The van der Waals surface area contributed by atoms with E-state index in [0.717, 1.165) is 18.2 Å². The van der Waals surface area contributed by atoms with Crippen molar-refractivity contribution in [2.45, 2.75) is 11.8 Å². The number of aromatic nitrogens is 2. The van der Waals surface area contributed by atoms with Gasteiger partial charge in [0.2, 0.25) is 5.95 Å². The van der Waals surface area contributed by atoms with Crippen LogP contribution in [0, 0.1) is 12.7 Å². The zero-order valence-electron chi connectivity index (χ0n) is 10.3. The van der Waals surface area contributed by atoms with Crippen LogP contribution >= 0.6 is 11.6 Å². The van der Waals surface area contributed by atoms with E-state index in [1.807, 2.05) is 0 Å². The smallest absolute Gasteiger partial charge is 0.266 e. The molecule has 0 unspecified atom stereocenters. The lowest BCUT2D eigenvalue weighted by Gasteiger charge is -2.09. The predicted molar refractivity (Wildman–Crippen MR) is 73.4 cm³/mol. The van der Waals surface area contributed by atoms with Gasteiger partial charge in [-0.3, -0.25) is 0 Å². The average Bonchev–Trinajstić information content (AvgIpc) is 2.25. The highest BCUT2D eigenvalue weighted by Crippen LogP contribution is 2.21. The molecule has 0 amide bonds. The number of nitrogens with one attached hydrogen (secondary N) is 1. The van der Waals surface area contributed by atoms with Gasteiger partial charge >= 0.3 is 0 Å². The molecule has 0 atom stereocenters. The lowest BCUT2D eigenvalue weighted by atomic mass is 10.3. The van der Waals surface area contributed by atoms with Crippen LogP contribution in [-0.2, 0) is 10.0 Å². The van der Waals surface area contributed by atoms with Crippen molar-refractivity contribution in [1.82, 2.24) is 9.97 Å². The van der Waals surface area contributed by atoms with E-state index in [9.17, 15) is 12.8 Å². The van der Waals surface area contributed by atoms with Crippen LogP contribution < -0.4 is 10.5 Å². The number of nitrogen functional groups attached to an aromatic ring is 1. The highest BCUT2D eigenvalue weighted by atomic mass is 35.5. The van der Waals surface area contributed by atoms with Gasteiger partial charge in [0.15, 0.2) is 0 Å². The molecule has 106 valence electrons. The molecule has 0 aliphatic carbocycles. The molecule has 0 bridgehead atoms. The molecule has 0 saturated heterocycles. The van der Waals surface area contributed by atoms with Crippen LogP contribution in [0.2, 0.25) is 5.15 Å². The monoisotopic (exact) mass is 316 g/mol. The average molecular weight is 317 g/mol. The maximum Gasteiger partial charge on any atom is 0.266 e. The molecule has 0 spiro atoms. The molecule has 9 heteroatoms. The first-order valence-electron chi connectivity index (χ1n) is 5.37. The molecule has 2 aromatic rings. The number of nitrogens with two attached hydrogens (primary N) is 1. The third kappa shape index (κ3) is 3.14. The van der Waals surface area contributed by atoms with Gasteiger partial charge in [0.25, 0.3) is 10.0 Å². The number of aryl methyl sites for hydroxylation is 1. The molecule has 6 nitrogen and oxygen atoms in total. The third-order valence-corrected chi connectivity index (χ3v) is 3.91. The summed E-state index contributed by atoms with van der Waals surface area (Å²) < 4.78 is 39.3. The number of benzene rings is 1. The summed E-state index contributed by atoms with van der Waals surface area (Å²) in [6.07, 6.45) is 0. The van der Waals surface area contributed by atoms with Crippen molar-refractivity contribution < 1.29 is 12.8 Å². The Bertz CT molecular complexity index is 747. The second-order valence-electron chi connectivity index (χ2n) is 3.94. The minimum Gasteiger partial charge on any atom is -0.398 e. The van der Waals surface area contributed by atoms with E-state index in [1.165, 1.54) is 6.07 Å². The van der Waals surface area contributed by atoms with Gasteiger partial charge in [0.05, 0.1) is 5.69 Å². The Kier molecular flexibility index (Phi) is 3.78. The summed E-state index contributed by atoms with van der Waals surface area (Å²) in [6.45, 7) is 1.64. The summed E-state index contributed by atoms with van der Waals surface area (Å²) in [5, 5.41) is 0.0993. The Labute approximate surface area is 119 Å². The van der Waals surface area contributed by atoms with Crippen LogP contribution in [0.4, 0.5) is 16.0 Å². The fraction of sp³-hybridized carbons (Fsp3) is 0.0909. The van der Waals surface area contributed by atoms with Gasteiger partial charge in [-0.1, -0.05) is 11.6 Å². The van der Waals surface area contributed by atoms with E-state index in [1.54, 1.807) is 6.92 Å². The Morgan fingerprint density at radius 2 is 2.00 bits per heavy atom. The SMILES string of the molecule is Cc1cc(Cl)nc(NS(=O)(=O)c2ccc(F)cc2N)n1. The minimum atomic E-state index is -4.02. The standard InChI is InChI=1S/C11H10ClFN4O2S/c1-6-4-10(12)16-11(15-6)17-20(18,19)9-3-2-7(13)5-8(9)14/h2-5H,14H2,1H3,(H,15,16,17). The summed E-state index contributed by atoms with van der Waals surface area (Å²) in [6, 6.07) is 4.45. The quantitative estimate of drug-likeness (QED) is 0.666. The summed E-state index contributed by atoms with van der Waals surface area (Å²) in [4.78, 5) is 7.37. The van der Waals surface area contributed by atoms with E-state index in [4.69, 9.17) is 17.3 Å². The summed E-state index contributed by atoms with van der Waals surface area (Å²) >= 11 is 5.72. The molecule has 0 aliphatic rings. The first-order chi connectivity index (χ1) is 9.28. The highest BCUT2D eigenvalue weighted by Gasteiger charge is 2.19. The van der Waals surface area contributed by atoms with Gasteiger partial charge in [-0.05, 0) is 31.2 Å². The first-order valence-corrected chi connectivity index (χ1v) is 7.23. The lowest BCUT2D eigenvalue weighted by molar-refractivity contribution is 0.600. The second-order valence-corrected chi connectivity index (χ2v) is 5.98. The fourth-order valence-electron chi connectivity index (χ4n) is 1.51. The van der Waals surface area contributed by atoms with Gasteiger partial charge in [-0.2, -0.15) is 0 Å². The van der Waals surface area contributed by atoms with Gasteiger partial charge < -0.3 is 5.73 Å². The van der Waals surface area contributed by atoms with E-state index in [0.29, 0.717) is 5.69 Å². The number of hydrogen-bond donors (Lipinski definition) is 2. The number of nitrogens with zero attached hydrogens (tertiary/aromatic N) is 2. The molecule has 0 fully saturated rings. The van der Waals surface area contributed by atoms with Crippen LogP contribution in [0.3, 0.4) is 0 Å². The Morgan fingerprint density at radius 1 is 1.30 bits per heavy atom. The maximum absolute atomic E-state index is 12.9. The molecule has 1 aromatic carbocycles. The van der Waals surface area contributed by atoms with Crippen LogP contribution in [0.5, 0.6) is 0 Å². The summed E-state index contributed by atoms with van der Waals surface area (Å²) in [7, 11) is -4.02. The van der Waals surface area contributed by atoms with Crippen molar-refractivity contribution in [2.75, 3.05) is 10.5 Å². The van der Waals surface area contributed by atoms with Crippen molar-refractivity contribution in [2.24, 2.45) is 0 Å². The molecule has 20 heavy (non-hydrogen) atoms. The zero-order chi connectivity index (χ0) is 14.9. The van der Waals surface area contributed by atoms with E-state index < -0.39 is 15.8 Å². The maximum atomic E-state index is 12.9. The van der Waals surface area contributed by atoms with Crippen molar-refractivity contribution in [3.8, 4) is 0 Å². The minimum absolute atomic E-state index is 0.0993. The summed E-state index contributed by atoms with van der Waals surface area (Å²) in [5.41, 5.74) is 5.78. The number of hydrogen-bond acceptors (Lipinski definition) is 5. The van der Waals surface area contributed by atoms with E-state index >= 15 is 0 Å². The Balaban J connectivity index is 2.40. The molecule has 0 radical (unpaired) electrons. The normalized spacial score (nSPS) is 11.3. The van der Waals surface area contributed by atoms with Gasteiger partial charge in [0.1, 0.15) is 15.9 Å². The lowest BCUT2D eigenvalue weighted by Crippen LogP contribution is -2.17. The molecule has 0 saturated carbocycles. The van der Waals surface area contributed by atoms with Gasteiger partial charge in [0, 0.05) is 5.69 Å². The number of halogens is 2. The van der Waals surface area contributed by atoms with E-state index in [2.05, 4.69) is 14.7 Å². The molecular weight excluding hydrogens is 307 g/mol. The predicted octanol–water partition coefficient (Wildman–Crippen LogP) is 1.96. The number of sulfonamides is 1. The van der Waals surface area contributed by atoms with E-state index in [-0.39, 0.29) is 21.7 Å². The van der Waals surface area contributed by atoms with Crippen molar-refractivity contribution in [3.05, 3.63) is 40.9 Å². The molecule has 1 heterocycles. The van der Waals surface area contributed by atoms with Crippen molar-refractivity contribution >= 4 is 33.3 Å². The second kappa shape index (κ2) is 5.22. The number of rotatable bonds is 3. The molecule has 2 rings (SSSR count). The van der Waals surface area contributed by atoms with Crippen LogP contribution in [0.25, 0.3) is 0 Å². The van der Waals surface area contributed by atoms with Crippen LogP contribution in [0.15, 0.2) is 29.2 Å². The van der Waals surface area contributed by atoms with Crippen molar-refractivity contribution in [1.29, 1.82) is 0 Å². The Hall–Kier alpha value is -1.93. The Morgan fingerprint density at radius 3 is 2.60 bits per heavy atom. The first kappa shape index (κ1) is 14.5. The summed E-state index contributed by atoms with van der Waals surface area (Å²) in [5.74, 6) is -0.810. The number of anilines is 2. The molecule has 0 aliphatic heterocycles.